The van der Waals surface area contributed by atoms with Crippen molar-refractivity contribution in [2.75, 3.05) is 13.1 Å². The maximum absolute atomic E-state index is 12.5. The number of carbonyl (C=O) groups is 1. The number of aryl methyl sites for hydroxylation is 1. The van der Waals surface area contributed by atoms with Gasteiger partial charge in [0.15, 0.2) is 6.39 Å². The lowest BCUT2D eigenvalue weighted by atomic mass is 9.70. The van der Waals surface area contributed by atoms with Crippen molar-refractivity contribution >= 4 is 17.2 Å². The van der Waals surface area contributed by atoms with Crippen molar-refractivity contribution in [1.29, 1.82) is 0 Å². The van der Waals surface area contributed by atoms with Gasteiger partial charge in [-0.2, -0.15) is 0 Å². The molecule has 3 aromatic rings. The van der Waals surface area contributed by atoms with E-state index in [0.29, 0.717) is 18.8 Å². The molecule has 1 fully saturated rings. The van der Waals surface area contributed by atoms with Crippen molar-refractivity contribution in [3.05, 3.63) is 70.3 Å². The summed E-state index contributed by atoms with van der Waals surface area (Å²) in [7, 11) is 0. The van der Waals surface area contributed by atoms with Crippen molar-refractivity contribution in [2.45, 2.75) is 25.2 Å². The molecule has 1 saturated heterocycles. The van der Waals surface area contributed by atoms with Crippen molar-refractivity contribution in [3.8, 4) is 0 Å². The van der Waals surface area contributed by atoms with Gasteiger partial charge in [0.25, 0.3) is 5.91 Å². The van der Waals surface area contributed by atoms with Gasteiger partial charge in [0.2, 0.25) is 5.76 Å². The second-order valence-electron chi connectivity index (χ2n) is 6.36. The highest BCUT2D eigenvalue weighted by atomic mass is 32.1. The van der Waals surface area contributed by atoms with E-state index in [1.807, 2.05) is 17.9 Å². The lowest BCUT2D eigenvalue weighted by Gasteiger charge is -2.41. The van der Waals surface area contributed by atoms with Gasteiger partial charge in [-0.3, -0.25) is 4.79 Å². The summed E-state index contributed by atoms with van der Waals surface area (Å²) in [6.07, 6.45) is 4.47. The molecule has 0 saturated carbocycles. The molecule has 6 heteroatoms. The fourth-order valence-corrected chi connectivity index (χ4v) is 4.31. The highest BCUT2D eigenvalue weighted by molar-refractivity contribution is 7.09. The van der Waals surface area contributed by atoms with Crippen LogP contribution in [0.25, 0.3) is 0 Å². The van der Waals surface area contributed by atoms with Gasteiger partial charge in [0.1, 0.15) is 0 Å². The number of thiazole rings is 1. The van der Waals surface area contributed by atoms with Crippen LogP contribution >= 0.6 is 11.3 Å². The first-order chi connectivity index (χ1) is 12.2. The van der Waals surface area contributed by atoms with Crippen LogP contribution in [0.5, 0.6) is 0 Å². The van der Waals surface area contributed by atoms with Crippen LogP contribution in [-0.4, -0.2) is 33.9 Å². The fourth-order valence-electron chi connectivity index (χ4n) is 3.60. The molecule has 0 atom stereocenters. The smallest absolute Gasteiger partial charge is 0.291 e. The minimum Gasteiger partial charge on any atom is -0.438 e. The molecule has 2 aromatic heterocycles. The second kappa shape index (κ2) is 6.44. The van der Waals surface area contributed by atoms with E-state index in [0.717, 1.165) is 23.5 Å². The number of rotatable bonds is 3. The van der Waals surface area contributed by atoms with E-state index >= 15 is 0 Å². The fraction of sp³-hybridized carbons (Fsp3) is 0.316. The third-order valence-electron chi connectivity index (χ3n) is 4.98. The zero-order valence-corrected chi connectivity index (χ0v) is 14.8. The van der Waals surface area contributed by atoms with Gasteiger partial charge in [-0.15, -0.1) is 11.3 Å². The normalized spacial score (nSPS) is 16.8. The molecular weight excluding hydrogens is 334 g/mol. The minimum atomic E-state index is -0.135. The Bertz CT molecular complexity index is 850. The van der Waals surface area contributed by atoms with Crippen molar-refractivity contribution in [3.63, 3.8) is 0 Å². The summed E-state index contributed by atoms with van der Waals surface area (Å²) in [6, 6.07) is 10.5. The maximum atomic E-state index is 12.5. The summed E-state index contributed by atoms with van der Waals surface area (Å²) in [5, 5.41) is 3.24. The summed E-state index contributed by atoms with van der Waals surface area (Å²) in [6.45, 7) is 3.38. The Kier molecular flexibility index (Phi) is 4.13. The average Bonchev–Trinajstić information content (AvgIpc) is 3.34. The molecule has 1 aromatic carbocycles. The Balaban J connectivity index is 1.63. The van der Waals surface area contributed by atoms with Crippen molar-refractivity contribution in [2.24, 2.45) is 0 Å². The Morgan fingerprint density at radius 2 is 2.00 bits per heavy atom. The van der Waals surface area contributed by atoms with Crippen LogP contribution in [0.1, 0.15) is 39.7 Å². The molecule has 0 bridgehead atoms. The molecule has 1 amide bonds. The van der Waals surface area contributed by atoms with Crippen LogP contribution < -0.4 is 0 Å². The van der Waals surface area contributed by atoms with Gasteiger partial charge in [-0.05, 0) is 25.3 Å². The number of oxazole rings is 1. The number of amides is 1. The monoisotopic (exact) mass is 353 g/mol. The first-order valence-electron chi connectivity index (χ1n) is 8.35. The third kappa shape index (κ3) is 2.87. The summed E-state index contributed by atoms with van der Waals surface area (Å²) < 4.78 is 5.16. The van der Waals surface area contributed by atoms with Gasteiger partial charge in [-0.25, -0.2) is 9.97 Å². The Morgan fingerprint density at radius 1 is 1.24 bits per heavy atom. The van der Waals surface area contributed by atoms with Gasteiger partial charge in [0.05, 0.1) is 16.9 Å². The second-order valence-corrected chi connectivity index (χ2v) is 7.42. The van der Waals surface area contributed by atoms with E-state index in [-0.39, 0.29) is 11.3 Å². The summed E-state index contributed by atoms with van der Waals surface area (Å²) in [4.78, 5) is 23.0. The number of aromatic nitrogens is 2. The van der Waals surface area contributed by atoms with Crippen LogP contribution in [-0.2, 0) is 5.41 Å². The van der Waals surface area contributed by atoms with Crippen LogP contribution in [0.3, 0.4) is 0 Å². The molecular formula is C19H19N3O2S. The van der Waals surface area contributed by atoms with Crippen LogP contribution in [0, 0.1) is 6.92 Å². The molecule has 0 radical (unpaired) electrons. The third-order valence-corrected chi connectivity index (χ3v) is 5.76. The molecule has 25 heavy (non-hydrogen) atoms. The van der Waals surface area contributed by atoms with Crippen LogP contribution in [0.4, 0.5) is 0 Å². The van der Waals surface area contributed by atoms with Gasteiger partial charge >= 0.3 is 0 Å². The number of carbonyl (C=O) groups excluding carboxylic acids is 1. The molecule has 0 N–H and O–H groups in total. The molecule has 4 rings (SSSR count). The Labute approximate surface area is 150 Å². The van der Waals surface area contributed by atoms with Gasteiger partial charge in [0, 0.05) is 23.9 Å². The quantitative estimate of drug-likeness (QED) is 0.721. The standard InChI is InChI=1S/C19H19N3O2S/c1-14-21-17(12-25-14)19(15-5-3-2-4-6-15)7-9-22(10-8-19)18(23)16-11-20-13-24-16/h2-6,11-13H,7-10H2,1H3. The SMILES string of the molecule is Cc1nc(C2(c3ccccc3)CCN(C(=O)c3cnco3)CC2)cs1. The number of hydrogen-bond donors (Lipinski definition) is 0. The average molecular weight is 353 g/mol. The van der Waals surface area contributed by atoms with Crippen LogP contribution in [0.15, 0.2) is 52.7 Å². The number of piperidine rings is 1. The number of nitrogens with zero attached hydrogens (tertiary/aromatic N) is 3. The molecule has 0 unspecified atom stereocenters. The number of benzene rings is 1. The van der Waals surface area contributed by atoms with Gasteiger partial charge in [-0.1, -0.05) is 30.3 Å². The first-order valence-corrected chi connectivity index (χ1v) is 9.23. The number of hydrogen-bond acceptors (Lipinski definition) is 5. The highest BCUT2D eigenvalue weighted by Crippen LogP contribution is 2.42. The lowest BCUT2D eigenvalue weighted by molar-refractivity contribution is 0.0652. The van der Waals surface area contributed by atoms with Crippen molar-refractivity contribution < 1.29 is 9.21 Å². The van der Waals surface area contributed by atoms with E-state index in [9.17, 15) is 4.79 Å². The Morgan fingerprint density at radius 3 is 2.60 bits per heavy atom. The van der Waals surface area contributed by atoms with E-state index < -0.39 is 0 Å². The van der Waals surface area contributed by atoms with Crippen molar-refractivity contribution in [1.82, 2.24) is 14.9 Å². The van der Waals surface area contributed by atoms with Crippen LogP contribution in [0.2, 0.25) is 0 Å². The highest BCUT2D eigenvalue weighted by Gasteiger charge is 2.41. The Hall–Kier alpha value is -2.47. The predicted molar refractivity (Wildman–Crippen MR) is 95.7 cm³/mol. The zero-order chi connectivity index (χ0) is 17.3. The zero-order valence-electron chi connectivity index (χ0n) is 14.0. The lowest BCUT2D eigenvalue weighted by Crippen LogP contribution is -2.45. The summed E-state index contributed by atoms with van der Waals surface area (Å²) >= 11 is 1.68. The van der Waals surface area contributed by atoms with Gasteiger partial charge < -0.3 is 9.32 Å². The molecule has 3 heterocycles. The van der Waals surface area contributed by atoms with E-state index in [4.69, 9.17) is 9.40 Å². The molecule has 128 valence electrons. The van der Waals surface area contributed by atoms with E-state index in [1.165, 1.54) is 18.2 Å². The largest absolute Gasteiger partial charge is 0.438 e. The maximum Gasteiger partial charge on any atom is 0.291 e. The minimum absolute atomic E-state index is 0.0892. The molecule has 0 spiro atoms. The first kappa shape index (κ1) is 16.0. The molecule has 5 nitrogen and oxygen atoms in total. The summed E-state index contributed by atoms with van der Waals surface area (Å²) in [5.74, 6) is 0.213. The number of likely N-dealkylation sites (tertiary alicyclic amines) is 1. The van der Waals surface area contributed by atoms with E-state index in [2.05, 4.69) is 34.6 Å². The van der Waals surface area contributed by atoms with E-state index in [1.54, 1.807) is 11.3 Å². The predicted octanol–water partition coefficient (Wildman–Crippen LogP) is 3.66. The molecule has 0 aliphatic carbocycles. The topological polar surface area (TPSA) is 59.2 Å². The molecule has 1 aliphatic heterocycles. The summed E-state index contributed by atoms with van der Waals surface area (Å²) in [5.41, 5.74) is 2.25. The molecule has 1 aliphatic rings.